The SMILES string of the molecule is CN(Cc1ccccn1)C(=O)C[C@@H](c1ccccc1)c1ccc(F)cc1. The summed E-state index contributed by atoms with van der Waals surface area (Å²) >= 11 is 0. The van der Waals surface area contributed by atoms with Crippen molar-refractivity contribution in [3.05, 3.63) is 102 Å². The normalized spacial score (nSPS) is 11.8. The first-order chi connectivity index (χ1) is 12.6. The number of halogens is 1. The minimum Gasteiger partial charge on any atom is -0.340 e. The molecule has 0 aliphatic carbocycles. The van der Waals surface area contributed by atoms with Crippen LogP contribution in [0, 0.1) is 5.82 Å². The van der Waals surface area contributed by atoms with Crippen LogP contribution in [-0.4, -0.2) is 22.8 Å². The molecule has 1 heterocycles. The molecule has 1 atom stereocenters. The van der Waals surface area contributed by atoms with E-state index in [9.17, 15) is 9.18 Å². The molecule has 2 aromatic carbocycles. The van der Waals surface area contributed by atoms with Crippen LogP contribution in [0.5, 0.6) is 0 Å². The third kappa shape index (κ3) is 4.54. The van der Waals surface area contributed by atoms with Gasteiger partial charge in [-0.3, -0.25) is 9.78 Å². The second kappa shape index (κ2) is 8.39. The molecular weight excluding hydrogens is 327 g/mol. The zero-order chi connectivity index (χ0) is 18.4. The third-order valence-electron chi connectivity index (χ3n) is 4.40. The van der Waals surface area contributed by atoms with Crippen LogP contribution < -0.4 is 0 Å². The third-order valence-corrected chi connectivity index (χ3v) is 4.40. The first-order valence-electron chi connectivity index (χ1n) is 8.58. The lowest BCUT2D eigenvalue weighted by molar-refractivity contribution is -0.130. The Hall–Kier alpha value is -3.01. The van der Waals surface area contributed by atoms with Crippen LogP contribution in [-0.2, 0) is 11.3 Å². The van der Waals surface area contributed by atoms with Gasteiger partial charge in [-0.15, -0.1) is 0 Å². The maximum absolute atomic E-state index is 13.3. The number of amides is 1. The predicted molar refractivity (Wildman–Crippen MR) is 100 cm³/mol. The molecule has 0 N–H and O–H groups in total. The zero-order valence-corrected chi connectivity index (χ0v) is 14.7. The number of pyridine rings is 1. The van der Waals surface area contributed by atoms with Crippen LogP contribution in [0.1, 0.15) is 29.2 Å². The van der Waals surface area contributed by atoms with E-state index in [1.807, 2.05) is 48.5 Å². The van der Waals surface area contributed by atoms with Gasteiger partial charge < -0.3 is 4.90 Å². The van der Waals surface area contributed by atoms with E-state index < -0.39 is 0 Å². The fourth-order valence-electron chi connectivity index (χ4n) is 2.96. The van der Waals surface area contributed by atoms with Gasteiger partial charge in [-0.05, 0) is 35.4 Å². The highest BCUT2D eigenvalue weighted by Gasteiger charge is 2.20. The predicted octanol–water partition coefficient (Wildman–Crippen LogP) is 4.40. The van der Waals surface area contributed by atoms with Gasteiger partial charge in [-0.2, -0.15) is 0 Å². The molecule has 3 aromatic rings. The Kier molecular flexibility index (Phi) is 5.74. The van der Waals surface area contributed by atoms with Crippen LogP contribution in [0.15, 0.2) is 79.0 Å². The minimum absolute atomic E-state index is 0.0221. The summed E-state index contributed by atoms with van der Waals surface area (Å²) in [5.74, 6) is -0.372. The largest absolute Gasteiger partial charge is 0.340 e. The number of nitrogens with zero attached hydrogens (tertiary/aromatic N) is 2. The summed E-state index contributed by atoms with van der Waals surface area (Å²) in [6.45, 7) is 0.463. The van der Waals surface area contributed by atoms with Gasteiger partial charge in [0, 0.05) is 25.6 Å². The molecule has 1 amide bonds. The fraction of sp³-hybridized carbons (Fsp3) is 0.182. The van der Waals surface area contributed by atoms with Crippen molar-refractivity contribution in [2.24, 2.45) is 0 Å². The Balaban J connectivity index is 1.79. The van der Waals surface area contributed by atoms with Crippen LogP contribution in [0.2, 0.25) is 0 Å². The van der Waals surface area contributed by atoms with Crippen molar-refractivity contribution in [1.82, 2.24) is 9.88 Å². The summed E-state index contributed by atoms with van der Waals surface area (Å²) in [7, 11) is 1.78. The smallest absolute Gasteiger partial charge is 0.223 e. The first-order valence-corrected chi connectivity index (χ1v) is 8.58. The molecule has 0 unspecified atom stereocenters. The second-order valence-corrected chi connectivity index (χ2v) is 6.29. The molecule has 0 radical (unpaired) electrons. The van der Waals surface area contributed by atoms with Crippen molar-refractivity contribution < 1.29 is 9.18 Å². The van der Waals surface area contributed by atoms with Crippen molar-refractivity contribution >= 4 is 5.91 Å². The van der Waals surface area contributed by atoms with Gasteiger partial charge in [0.15, 0.2) is 0 Å². The summed E-state index contributed by atoms with van der Waals surface area (Å²) in [6, 6.07) is 21.9. The summed E-state index contributed by atoms with van der Waals surface area (Å²) in [5.41, 5.74) is 2.82. The molecule has 0 aliphatic heterocycles. The molecule has 0 bridgehead atoms. The molecule has 4 heteroatoms. The number of rotatable bonds is 6. The maximum atomic E-state index is 13.3. The summed E-state index contributed by atoms with van der Waals surface area (Å²) < 4.78 is 13.3. The number of benzene rings is 2. The van der Waals surface area contributed by atoms with Gasteiger partial charge in [-0.25, -0.2) is 4.39 Å². The number of hydrogen-bond donors (Lipinski definition) is 0. The summed E-state index contributed by atoms with van der Waals surface area (Å²) in [5, 5.41) is 0. The van der Waals surface area contributed by atoms with E-state index in [1.54, 1.807) is 30.3 Å². The van der Waals surface area contributed by atoms with E-state index in [0.717, 1.165) is 16.8 Å². The number of aromatic nitrogens is 1. The highest BCUT2D eigenvalue weighted by atomic mass is 19.1. The van der Waals surface area contributed by atoms with E-state index >= 15 is 0 Å². The van der Waals surface area contributed by atoms with Crippen LogP contribution in [0.3, 0.4) is 0 Å². The molecule has 0 spiro atoms. The Bertz CT molecular complexity index is 835. The highest BCUT2D eigenvalue weighted by Crippen LogP contribution is 2.29. The van der Waals surface area contributed by atoms with Gasteiger partial charge in [0.25, 0.3) is 0 Å². The van der Waals surface area contributed by atoms with E-state index in [2.05, 4.69) is 4.98 Å². The standard InChI is InChI=1S/C22H21FN2O/c1-25(16-20-9-5-6-14-24-20)22(26)15-21(17-7-3-2-4-8-17)18-10-12-19(23)13-11-18/h2-14,21H,15-16H2,1H3/t21-/m0/s1. The Labute approximate surface area is 153 Å². The molecule has 1 aromatic heterocycles. The average Bonchev–Trinajstić information content (AvgIpc) is 2.68. The Morgan fingerprint density at radius 1 is 0.962 bits per heavy atom. The summed E-state index contributed by atoms with van der Waals surface area (Å²) in [6.07, 6.45) is 2.04. The van der Waals surface area contributed by atoms with Gasteiger partial charge in [0.05, 0.1) is 12.2 Å². The van der Waals surface area contributed by atoms with E-state index in [0.29, 0.717) is 13.0 Å². The monoisotopic (exact) mass is 348 g/mol. The molecular formula is C22H21FN2O. The zero-order valence-electron chi connectivity index (χ0n) is 14.7. The van der Waals surface area contributed by atoms with Crippen LogP contribution in [0.4, 0.5) is 4.39 Å². The molecule has 26 heavy (non-hydrogen) atoms. The highest BCUT2D eigenvalue weighted by molar-refractivity contribution is 5.77. The Morgan fingerprint density at radius 2 is 1.62 bits per heavy atom. The Morgan fingerprint density at radius 3 is 2.27 bits per heavy atom. The van der Waals surface area contributed by atoms with Crippen molar-refractivity contribution in [3.8, 4) is 0 Å². The van der Waals surface area contributed by atoms with E-state index in [1.165, 1.54) is 12.1 Å². The summed E-state index contributed by atoms with van der Waals surface area (Å²) in [4.78, 5) is 18.7. The topological polar surface area (TPSA) is 33.2 Å². The molecule has 3 nitrogen and oxygen atoms in total. The molecule has 0 aliphatic rings. The molecule has 0 saturated carbocycles. The van der Waals surface area contributed by atoms with Gasteiger partial charge in [0.2, 0.25) is 5.91 Å². The maximum Gasteiger partial charge on any atom is 0.223 e. The number of carbonyl (C=O) groups excluding carboxylic acids is 1. The lowest BCUT2D eigenvalue weighted by Gasteiger charge is -2.22. The average molecular weight is 348 g/mol. The lowest BCUT2D eigenvalue weighted by atomic mass is 9.88. The molecule has 0 fully saturated rings. The minimum atomic E-state index is -0.279. The van der Waals surface area contributed by atoms with Crippen molar-refractivity contribution in [2.75, 3.05) is 7.05 Å². The molecule has 132 valence electrons. The quantitative estimate of drug-likeness (QED) is 0.661. The fourth-order valence-corrected chi connectivity index (χ4v) is 2.96. The number of hydrogen-bond acceptors (Lipinski definition) is 2. The van der Waals surface area contributed by atoms with Crippen molar-refractivity contribution in [2.45, 2.75) is 18.9 Å². The van der Waals surface area contributed by atoms with Gasteiger partial charge >= 0.3 is 0 Å². The first kappa shape index (κ1) is 17.8. The number of carbonyl (C=O) groups is 1. The van der Waals surface area contributed by atoms with Crippen molar-refractivity contribution in [1.29, 1.82) is 0 Å². The van der Waals surface area contributed by atoms with Crippen molar-refractivity contribution in [3.63, 3.8) is 0 Å². The van der Waals surface area contributed by atoms with Gasteiger partial charge in [-0.1, -0.05) is 48.5 Å². The van der Waals surface area contributed by atoms with Crippen LogP contribution in [0.25, 0.3) is 0 Å². The van der Waals surface area contributed by atoms with Gasteiger partial charge in [0.1, 0.15) is 5.82 Å². The van der Waals surface area contributed by atoms with E-state index in [-0.39, 0.29) is 17.6 Å². The lowest BCUT2D eigenvalue weighted by Crippen LogP contribution is -2.28. The molecule has 0 saturated heterocycles. The van der Waals surface area contributed by atoms with E-state index in [4.69, 9.17) is 0 Å². The second-order valence-electron chi connectivity index (χ2n) is 6.29. The molecule has 3 rings (SSSR count). The van der Waals surface area contributed by atoms with Crippen LogP contribution >= 0.6 is 0 Å².